The van der Waals surface area contributed by atoms with Crippen molar-refractivity contribution >= 4 is 5.96 Å². The molecule has 0 aromatic heterocycles. The van der Waals surface area contributed by atoms with Crippen LogP contribution in [0.15, 0.2) is 4.99 Å². The van der Waals surface area contributed by atoms with Gasteiger partial charge in [-0.2, -0.15) is 0 Å². The Morgan fingerprint density at radius 1 is 1.55 bits per heavy atom. The normalized spacial score (nSPS) is 35.5. The molecule has 1 rings (SSSR count). The fraction of sp³-hybridized carbons (Fsp3) is 0.875. The van der Waals surface area contributed by atoms with Gasteiger partial charge in [-0.3, -0.25) is 0 Å². The topological polar surface area (TPSA) is 64.4 Å². The van der Waals surface area contributed by atoms with E-state index in [9.17, 15) is 0 Å². The van der Waals surface area contributed by atoms with Crippen LogP contribution in [0.5, 0.6) is 0 Å². The third-order valence-corrected chi connectivity index (χ3v) is 2.86. The molecule has 1 aliphatic rings. The van der Waals surface area contributed by atoms with Crippen molar-refractivity contribution in [2.24, 2.45) is 27.8 Å². The highest BCUT2D eigenvalue weighted by Crippen LogP contribution is 2.53. The van der Waals surface area contributed by atoms with Crippen LogP contribution >= 0.6 is 0 Å². The summed E-state index contributed by atoms with van der Waals surface area (Å²) < 4.78 is 0. The molecule has 0 spiro atoms. The number of hydrogen-bond donors (Lipinski definition) is 2. The highest BCUT2D eigenvalue weighted by Gasteiger charge is 2.52. The minimum atomic E-state index is 0.222. The standard InChI is InChI=1S/C8H17N3/c1-5(2)8(3)4-6(8)11-7(9)10/h5-6H,4H2,1-3H3,(H4,9,10,11). The van der Waals surface area contributed by atoms with Gasteiger partial charge in [-0.05, 0) is 17.8 Å². The Balaban J connectivity index is 2.54. The maximum Gasteiger partial charge on any atom is 0.186 e. The van der Waals surface area contributed by atoms with E-state index in [0.29, 0.717) is 17.4 Å². The van der Waals surface area contributed by atoms with Gasteiger partial charge in [0.1, 0.15) is 0 Å². The molecule has 1 fully saturated rings. The Morgan fingerprint density at radius 2 is 2.09 bits per heavy atom. The summed E-state index contributed by atoms with van der Waals surface area (Å²) in [5.41, 5.74) is 10.9. The first-order valence-electron chi connectivity index (χ1n) is 4.05. The van der Waals surface area contributed by atoms with Gasteiger partial charge in [0.15, 0.2) is 5.96 Å². The van der Waals surface area contributed by atoms with Gasteiger partial charge in [0.25, 0.3) is 0 Å². The molecule has 1 saturated carbocycles. The number of hydrogen-bond acceptors (Lipinski definition) is 1. The molecule has 2 unspecified atom stereocenters. The van der Waals surface area contributed by atoms with Gasteiger partial charge in [0.05, 0.1) is 6.04 Å². The summed E-state index contributed by atoms with van der Waals surface area (Å²) >= 11 is 0. The summed E-state index contributed by atoms with van der Waals surface area (Å²) in [6.07, 6.45) is 1.13. The predicted octanol–water partition coefficient (Wildman–Crippen LogP) is 0.694. The largest absolute Gasteiger partial charge is 0.370 e. The second-order valence-electron chi connectivity index (χ2n) is 3.93. The number of nitrogens with zero attached hydrogens (tertiary/aromatic N) is 1. The van der Waals surface area contributed by atoms with E-state index < -0.39 is 0 Å². The minimum absolute atomic E-state index is 0.222. The molecule has 4 N–H and O–H groups in total. The molecule has 11 heavy (non-hydrogen) atoms. The Labute approximate surface area is 67.9 Å². The molecule has 0 aliphatic heterocycles. The van der Waals surface area contributed by atoms with Crippen molar-refractivity contribution < 1.29 is 0 Å². The molecular weight excluding hydrogens is 138 g/mol. The van der Waals surface area contributed by atoms with E-state index >= 15 is 0 Å². The molecule has 1 aliphatic carbocycles. The fourth-order valence-corrected chi connectivity index (χ4v) is 1.35. The molecule has 0 heterocycles. The van der Waals surface area contributed by atoms with E-state index in [1.807, 2.05) is 0 Å². The lowest BCUT2D eigenvalue weighted by atomic mass is 9.94. The van der Waals surface area contributed by atoms with Crippen molar-refractivity contribution in [3.05, 3.63) is 0 Å². The summed E-state index contributed by atoms with van der Waals surface area (Å²) in [6.45, 7) is 6.65. The lowest BCUT2D eigenvalue weighted by Crippen LogP contribution is -2.24. The van der Waals surface area contributed by atoms with E-state index in [-0.39, 0.29) is 5.96 Å². The van der Waals surface area contributed by atoms with Crippen LogP contribution in [0.4, 0.5) is 0 Å². The van der Waals surface area contributed by atoms with Gasteiger partial charge in [-0.25, -0.2) is 4.99 Å². The minimum Gasteiger partial charge on any atom is -0.370 e. The molecular formula is C8H17N3. The zero-order chi connectivity index (χ0) is 8.65. The van der Waals surface area contributed by atoms with Crippen LogP contribution in [0, 0.1) is 11.3 Å². The highest BCUT2D eigenvalue weighted by molar-refractivity contribution is 5.76. The van der Waals surface area contributed by atoms with Crippen LogP contribution in [0.2, 0.25) is 0 Å². The average molecular weight is 155 g/mol. The molecule has 0 saturated heterocycles. The van der Waals surface area contributed by atoms with E-state index in [4.69, 9.17) is 11.5 Å². The van der Waals surface area contributed by atoms with Crippen LogP contribution in [-0.4, -0.2) is 12.0 Å². The third-order valence-electron chi connectivity index (χ3n) is 2.86. The summed E-state index contributed by atoms with van der Waals surface area (Å²) in [5, 5.41) is 0. The lowest BCUT2D eigenvalue weighted by molar-refractivity contribution is 0.383. The van der Waals surface area contributed by atoms with Crippen LogP contribution in [0.3, 0.4) is 0 Å². The number of rotatable bonds is 2. The monoisotopic (exact) mass is 155 g/mol. The van der Waals surface area contributed by atoms with Crippen molar-refractivity contribution in [1.29, 1.82) is 0 Å². The number of aliphatic imine (C=N–C) groups is 1. The van der Waals surface area contributed by atoms with E-state index in [1.165, 1.54) is 0 Å². The van der Waals surface area contributed by atoms with E-state index in [2.05, 4.69) is 25.8 Å². The summed E-state index contributed by atoms with van der Waals surface area (Å²) in [4.78, 5) is 4.14. The third kappa shape index (κ3) is 1.47. The Hall–Kier alpha value is -0.730. The fourth-order valence-electron chi connectivity index (χ4n) is 1.35. The molecule has 0 bridgehead atoms. The molecule has 0 radical (unpaired) electrons. The Morgan fingerprint density at radius 3 is 2.36 bits per heavy atom. The van der Waals surface area contributed by atoms with Gasteiger partial charge in [0, 0.05) is 0 Å². The molecule has 0 aromatic carbocycles. The van der Waals surface area contributed by atoms with Gasteiger partial charge < -0.3 is 11.5 Å². The van der Waals surface area contributed by atoms with Crippen molar-refractivity contribution in [2.45, 2.75) is 33.2 Å². The van der Waals surface area contributed by atoms with Crippen molar-refractivity contribution in [1.82, 2.24) is 0 Å². The molecule has 0 aromatic rings. The summed E-state index contributed by atoms with van der Waals surface area (Å²) in [7, 11) is 0. The first kappa shape index (κ1) is 8.37. The van der Waals surface area contributed by atoms with Crippen LogP contribution in [0.1, 0.15) is 27.2 Å². The lowest BCUT2D eigenvalue weighted by Gasteiger charge is -2.13. The van der Waals surface area contributed by atoms with Gasteiger partial charge in [-0.15, -0.1) is 0 Å². The molecule has 64 valence electrons. The van der Waals surface area contributed by atoms with Crippen LogP contribution in [0.25, 0.3) is 0 Å². The molecule has 2 atom stereocenters. The van der Waals surface area contributed by atoms with Gasteiger partial charge in [0.2, 0.25) is 0 Å². The van der Waals surface area contributed by atoms with Gasteiger partial charge >= 0.3 is 0 Å². The first-order valence-corrected chi connectivity index (χ1v) is 4.05. The van der Waals surface area contributed by atoms with Crippen molar-refractivity contribution in [3.8, 4) is 0 Å². The number of guanidine groups is 1. The Bertz CT molecular complexity index is 182. The average Bonchev–Trinajstić information content (AvgIpc) is 2.42. The zero-order valence-corrected chi connectivity index (χ0v) is 7.46. The Kier molecular flexibility index (Phi) is 1.82. The van der Waals surface area contributed by atoms with E-state index in [1.54, 1.807) is 0 Å². The maximum atomic E-state index is 5.28. The van der Waals surface area contributed by atoms with Gasteiger partial charge in [-0.1, -0.05) is 20.8 Å². The summed E-state index contributed by atoms with van der Waals surface area (Å²) in [6, 6.07) is 0.368. The molecule has 3 heteroatoms. The van der Waals surface area contributed by atoms with Crippen molar-refractivity contribution in [3.63, 3.8) is 0 Å². The van der Waals surface area contributed by atoms with Crippen molar-refractivity contribution in [2.75, 3.05) is 0 Å². The maximum absolute atomic E-state index is 5.28. The summed E-state index contributed by atoms with van der Waals surface area (Å²) in [5.74, 6) is 0.884. The van der Waals surface area contributed by atoms with Crippen LogP contribution < -0.4 is 11.5 Å². The second-order valence-corrected chi connectivity index (χ2v) is 3.93. The smallest absolute Gasteiger partial charge is 0.186 e. The quantitative estimate of drug-likeness (QED) is 0.455. The van der Waals surface area contributed by atoms with Crippen LogP contribution in [-0.2, 0) is 0 Å². The predicted molar refractivity (Wildman–Crippen MR) is 47.2 cm³/mol. The first-order chi connectivity index (χ1) is 4.97. The SMILES string of the molecule is CC(C)C1(C)CC1N=C(N)N. The zero-order valence-electron chi connectivity index (χ0n) is 7.46. The molecule has 3 nitrogen and oxygen atoms in total. The number of nitrogens with two attached hydrogens (primary N) is 2. The highest BCUT2D eigenvalue weighted by atomic mass is 15.0. The molecule has 0 amide bonds. The second kappa shape index (κ2) is 2.40. The van der Waals surface area contributed by atoms with E-state index in [0.717, 1.165) is 6.42 Å².